The number of carbonyl (C=O) groups excluding carboxylic acids is 1. The van der Waals surface area contributed by atoms with Crippen LogP contribution in [0.1, 0.15) is 24.8 Å². The molecule has 0 radical (unpaired) electrons. The summed E-state index contributed by atoms with van der Waals surface area (Å²) in [5, 5.41) is 11.1. The highest BCUT2D eigenvalue weighted by Crippen LogP contribution is 2.26. The number of hydrogen-bond donors (Lipinski definition) is 2. The van der Waals surface area contributed by atoms with E-state index >= 15 is 0 Å². The molecule has 0 aliphatic carbocycles. The summed E-state index contributed by atoms with van der Waals surface area (Å²) in [7, 11) is 0. The van der Waals surface area contributed by atoms with Gasteiger partial charge in [-0.3, -0.25) is 4.79 Å². The number of nitrogens with one attached hydrogen (secondary N) is 1. The van der Waals surface area contributed by atoms with Crippen molar-refractivity contribution in [3.8, 4) is 11.8 Å². The molecule has 106 valence electrons. The Morgan fingerprint density at radius 1 is 1.50 bits per heavy atom. The Bertz CT molecular complexity index is 545. The molecule has 1 fully saturated rings. The Hall–Kier alpha value is -1.51. The van der Waals surface area contributed by atoms with Crippen LogP contribution in [0.25, 0.3) is 0 Å². The molecule has 1 heterocycles. The molecule has 1 aromatic carbocycles. The minimum absolute atomic E-state index is 0.0861. The standard InChI is InChI=1S/C15H16FNO2S/c16-12-10-11(4-3-8-18)6-7-13(12)17-15(19)14-5-1-2-9-20-14/h6-7,10,14,18H,1-2,5,8-9H2,(H,17,19). The number of anilines is 1. The first-order valence-electron chi connectivity index (χ1n) is 6.52. The van der Waals surface area contributed by atoms with Gasteiger partial charge in [-0.25, -0.2) is 4.39 Å². The molecule has 3 nitrogen and oxygen atoms in total. The summed E-state index contributed by atoms with van der Waals surface area (Å²) in [4.78, 5) is 12.0. The number of halogens is 1. The molecule has 0 aromatic heterocycles. The van der Waals surface area contributed by atoms with Crippen LogP contribution in [0.4, 0.5) is 10.1 Å². The molecule has 1 aliphatic heterocycles. The Morgan fingerprint density at radius 3 is 3.00 bits per heavy atom. The van der Waals surface area contributed by atoms with E-state index in [0.29, 0.717) is 5.56 Å². The van der Waals surface area contributed by atoms with E-state index in [1.165, 1.54) is 12.1 Å². The van der Waals surface area contributed by atoms with Gasteiger partial charge in [0.25, 0.3) is 0 Å². The first-order chi connectivity index (χ1) is 9.70. The molecule has 20 heavy (non-hydrogen) atoms. The number of thioether (sulfide) groups is 1. The van der Waals surface area contributed by atoms with E-state index in [4.69, 9.17) is 5.11 Å². The van der Waals surface area contributed by atoms with Crippen molar-refractivity contribution < 1.29 is 14.3 Å². The lowest BCUT2D eigenvalue weighted by Gasteiger charge is -2.20. The molecule has 2 rings (SSSR count). The molecule has 1 aromatic rings. The smallest absolute Gasteiger partial charge is 0.237 e. The first kappa shape index (κ1) is 14.9. The molecule has 0 bridgehead atoms. The third-order valence-electron chi connectivity index (χ3n) is 3.01. The van der Waals surface area contributed by atoms with Crippen LogP contribution in [-0.2, 0) is 4.79 Å². The van der Waals surface area contributed by atoms with Crippen LogP contribution in [0, 0.1) is 17.7 Å². The van der Waals surface area contributed by atoms with Crippen LogP contribution in [0.3, 0.4) is 0 Å². The van der Waals surface area contributed by atoms with E-state index < -0.39 is 5.82 Å². The minimum Gasteiger partial charge on any atom is -0.384 e. The fourth-order valence-electron chi connectivity index (χ4n) is 2.00. The maximum Gasteiger partial charge on any atom is 0.237 e. The molecule has 0 spiro atoms. The zero-order valence-electron chi connectivity index (χ0n) is 11.0. The number of aliphatic hydroxyl groups is 1. The zero-order chi connectivity index (χ0) is 14.4. The maximum atomic E-state index is 13.9. The monoisotopic (exact) mass is 293 g/mol. The lowest BCUT2D eigenvalue weighted by Crippen LogP contribution is -2.27. The fraction of sp³-hybridized carbons (Fsp3) is 0.400. The Balaban J connectivity index is 2.03. The third-order valence-corrected chi connectivity index (χ3v) is 4.39. The average molecular weight is 293 g/mol. The summed E-state index contributed by atoms with van der Waals surface area (Å²) in [5.74, 6) is 5.41. The predicted molar refractivity (Wildman–Crippen MR) is 79.1 cm³/mol. The lowest BCUT2D eigenvalue weighted by molar-refractivity contribution is -0.115. The fourth-order valence-corrected chi connectivity index (χ4v) is 3.20. The molecule has 1 saturated heterocycles. The number of benzene rings is 1. The Labute approximate surface area is 122 Å². The predicted octanol–water partition coefficient (Wildman–Crippen LogP) is 2.39. The van der Waals surface area contributed by atoms with E-state index in [-0.39, 0.29) is 23.5 Å². The second-order valence-electron chi connectivity index (χ2n) is 4.50. The minimum atomic E-state index is -0.510. The van der Waals surface area contributed by atoms with Crippen molar-refractivity contribution in [2.45, 2.75) is 24.5 Å². The Morgan fingerprint density at radius 2 is 2.35 bits per heavy atom. The molecular formula is C15H16FNO2S. The number of amides is 1. The molecule has 0 saturated carbocycles. The van der Waals surface area contributed by atoms with Crippen LogP contribution in [0.15, 0.2) is 18.2 Å². The van der Waals surface area contributed by atoms with Crippen LogP contribution in [-0.4, -0.2) is 28.6 Å². The van der Waals surface area contributed by atoms with Crippen LogP contribution in [0.5, 0.6) is 0 Å². The number of aliphatic hydroxyl groups excluding tert-OH is 1. The number of carbonyl (C=O) groups is 1. The highest BCUT2D eigenvalue weighted by Gasteiger charge is 2.22. The molecule has 1 unspecified atom stereocenters. The van der Waals surface area contributed by atoms with Crippen molar-refractivity contribution in [2.24, 2.45) is 0 Å². The highest BCUT2D eigenvalue weighted by atomic mass is 32.2. The quantitative estimate of drug-likeness (QED) is 0.823. The summed E-state index contributed by atoms with van der Waals surface area (Å²) in [6.45, 7) is -0.265. The van der Waals surface area contributed by atoms with E-state index in [0.717, 1.165) is 25.0 Å². The van der Waals surface area contributed by atoms with Crippen LogP contribution in [0.2, 0.25) is 0 Å². The van der Waals surface area contributed by atoms with Gasteiger partial charge in [-0.15, -0.1) is 11.8 Å². The molecule has 1 amide bonds. The lowest BCUT2D eigenvalue weighted by atomic mass is 10.1. The van der Waals surface area contributed by atoms with E-state index in [1.54, 1.807) is 17.8 Å². The van der Waals surface area contributed by atoms with E-state index in [2.05, 4.69) is 17.2 Å². The molecule has 2 N–H and O–H groups in total. The summed E-state index contributed by atoms with van der Waals surface area (Å²) in [5.41, 5.74) is 0.650. The van der Waals surface area contributed by atoms with Crippen LogP contribution < -0.4 is 5.32 Å². The van der Waals surface area contributed by atoms with Crippen molar-refractivity contribution in [1.82, 2.24) is 0 Å². The van der Waals surface area contributed by atoms with E-state index in [1.807, 2.05) is 0 Å². The second-order valence-corrected chi connectivity index (χ2v) is 5.81. The molecule has 5 heteroatoms. The number of rotatable bonds is 2. The average Bonchev–Trinajstić information content (AvgIpc) is 2.48. The van der Waals surface area contributed by atoms with Gasteiger partial charge in [0.15, 0.2) is 0 Å². The summed E-state index contributed by atoms with van der Waals surface area (Å²) in [6, 6.07) is 4.38. The van der Waals surface area contributed by atoms with Gasteiger partial charge in [0.05, 0.1) is 10.9 Å². The van der Waals surface area contributed by atoms with Gasteiger partial charge in [-0.1, -0.05) is 18.3 Å². The van der Waals surface area contributed by atoms with Gasteiger partial charge in [-0.2, -0.15) is 0 Å². The Kier molecular flexibility index (Phi) is 5.45. The normalized spacial score (nSPS) is 18.0. The summed E-state index contributed by atoms with van der Waals surface area (Å²) in [6.07, 6.45) is 3.03. The van der Waals surface area contributed by atoms with Crippen molar-refractivity contribution in [1.29, 1.82) is 0 Å². The summed E-state index contributed by atoms with van der Waals surface area (Å²) >= 11 is 1.63. The van der Waals surface area contributed by atoms with Crippen molar-refractivity contribution in [2.75, 3.05) is 17.7 Å². The van der Waals surface area contributed by atoms with Crippen molar-refractivity contribution >= 4 is 23.4 Å². The van der Waals surface area contributed by atoms with Gasteiger partial charge >= 0.3 is 0 Å². The third kappa shape index (κ3) is 3.99. The SMILES string of the molecule is O=C(Nc1ccc(C#CCO)cc1F)C1CCCCS1. The molecule has 1 aliphatic rings. The molecule has 1 atom stereocenters. The summed E-state index contributed by atoms with van der Waals surface area (Å²) < 4.78 is 13.9. The molecular weight excluding hydrogens is 277 g/mol. The van der Waals surface area contributed by atoms with Crippen molar-refractivity contribution in [3.63, 3.8) is 0 Å². The zero-order valence-corrected chi connectivity index (χ0v) is 11.8. The first-order valence-corrected chi connectivity index (χ1v) is 7.57. The highest BCUT2D eigenvalue weighted by molar-refractivity contribution is 8.00. The van der Waals surface area contributed by atoms with Crippen LogP contribution >= 0.6 is 11.8 Å². The topological polar surface area (TPSA) is 49.3 Å². The van der Waals surface area contributed by atoms with Gasteiger partial charge in [-0.05, 0) is 36.8 Å². The number of hydrogen-bond acceptors (Lipinski definition) is 3. The van der Waals surface area contributed by atoms with E-state index in [9.17, 15) is 9.18 Å². The van der Waals surface area contributed by atoms with Gasteiger partial charge < -0.3 is 10.4 Å². The maximum absolute atomic E-state index is 13.9. The van der Waals surface area contributed by atoms with Crippen molar-refractivity contribution in [3.05, 3.63) is 29.6 Å². The largest absolute Gasteiger partial charge is 0.384 e. The van der Waals surface area contributed by atoms with Gasteiger partial charge in [0.2, 0.25) is 5.91 Å². The second kappa shape index (κ2) is 7.32. The van der Waals surface area contributed by atoms with Gasteiger partial charge in [0, 0.05) is 5.56 Å². The van der Waals surface area contributed by atoms with Gasteiger partial charge in [0.1, 0.15) is 12.4 Å².